The molecule has 0 spiro atoms. The second-order valence-corrected chi connectivity index (χ2v) is 11.7. The second kappa shape index (κ2) is 19.0. The van der Waals surface area contributed by atoms with Crippen LogP contribution in [0.4, 0.5) is 11.4 Å². The van der Waals surface area contributed by atoms with Crippen molar-refractivity contribution in [3.05, 3.63) is 93.1 Å². The molecular weight excluding hydrogens is 698 g/mol. The van der Waals surface area contributed by atoms with Gasteiger partial charge in [0.15, 0.2) is 0 Å². The molecule has 2 aliphatic heterocycles. The molecule has 2 aliphatic rings. The highest BCUT2D eigenvalue weighted by molar-refractivity contribution is 14.1. The van der Waals surface area contributed by atoms with E-state index in [9.17, 15) is 9.59 Å². The molecule has 4 N–H and O–H groups in total. The Morgan fingerprint density at radius 2 is 1.16 bits per heavy atom. The highest BCUT2D eigenvalue weighted by Crippen LogP contribution is 2.19. The van der Waals surface area contributed by atoms with Gasteiger partial charge in [0.1, 0.15) is 0 Å². The molecule has 0 saturated carbocycles. The first kappa shape index (κ1) is 36.6. The van der Waals surface area contributed by atoms with E-state index in [2.05, 4.69) is 104 Å². The standard InChI is InChI=1S/C22H28N4O2.C10H13IN2.2ClH/c1-17(27)25-12-14-26(15-13-25)21-10-8-19(9-11-21)3-2-18-4-6-20(7-5-18)16-22(28)24-23;11-9-1-3-10(4-2-9)13-7-5-12-6-8-13;;/h4-11H,2-3,12-16,23H2,1H3,(H,24,28);1-4,12H,5-8H2;2*1H. The first-order valence-electron chi connectivity index (χ1n) is 14.3. The Morgan fingerprint density at radius 3 is 1.65 bits per heavy atom. The van der Waals surface area contributed by atoms with Crippen LogP contribution in [0.1, 0.15) is 23.6 Å². The van der Waals surface area contributed by atoms with E-state index in [4.69, 9.17) is 5.84 Å². The zero-order valence-electron chi connectivity index (χ0n) is 24.6. The van der Waals surface area contributed by atoms with Crippen LogP contribution in [0.5, 0.6) is 0 Å². The van der Waals surface area contributed by atoms with E-state index in [-0.39, 0.29) is 36.6 Å². The number of hydrogen-bond donors (Lipinski definition) is 3. The molecule has 0 bridgehead atoms. The third-order valence-corrected chi connectivity index (χ3v) is 8.31. The summed E-state index contributed by atoms with van der Waals surface area (Å²) in [4.78, 5) is 29.4. The molecule has 0 unspecified atom stereocenters. The summed E-state index contributed by atoms with van der Waals surface area (Å²) in [6, 6.07) is 25.6. The fourth-order valence-corrected chi connectivity index (χ4v) is 5.44. The van der Waals surface area contributed by atoms with Crippen molar-refractivity contribution >= 4 is 70.6 Å². The first-order valence-corrected chi connectivity index (χ1v) is 15.4. The summed E-state index contributed by atoms with van der Waals surface area (Å²) in [5, 5.41) is 3.35. The van der Waals surface area contributed by atoms with Gasteiger partial charge in [0.2, 0.25) is 11.8 Å². The van der Waals surface area contributed by atoms with Crippen LogP contribution in [0.15, 0.2) is 72.8 Å². The molecule has 11 heteroatoms. The monoisotopic (exact) mass is 740 g/mol. The normalized spacial score (nSPS) is 14.4. The van der Waals surface area contributed by atoms with Crippen LogP contribution < -0.4 is 26.4 Å². The van der Waals surface area contributed by atoms with E-state index in [0.29, 0.717) is 6.42 Å². The van der Waals surface area contributed by atoms with E-state index in [1.165, 1.54) is 26.1 Å². The minimum atomic E-state index is -0.185. The minimum Gasteiger partial charge on any atom is -0.369 e. The lowest BCUT2D eigenvalue weighted by atomic mass is 10.0. The molecule has 2 heterocycles. The number of nitrogens with two attached hydrogens (primary N) is 1. The number of nitrogens with zero attached hydrogens (tertiary/aromatic N) is 3. The van der Waals surface area contributed by atoms with Gasteiger partial charge in [-0.25, -0.2) is 5.84 Å². The smallest absolute Gasteiger partial charge is 0.238 e. The van der Waals surface area contributed by atoms with Gasteiger partial charge >= 0.3 is 0 Å². The van der Waals surface area contributed by atoms with Gasteiger partial charge in [0.25, 0.3) is 0 Å². The molecule has 3 aromatic carbocycles. The average molecular weight is 742 g/mol. The number of amides is 2. The van der Waals surface area contributed by atoms with Crippen molar-refractivity contribution in [2.45, 2.75) is 26.2 Å². The molecule has 0 radical (unpaired) electrons. The molecule has 0 atom stereocenters. The van der Waals surface area contributed by atoms with Crippen LogP contribution in [-0.4, -0.2) is 69.1 Å². The highest BCUT2D eigenvalue weighted by atomic mass is 127. The van der Waals surface area contributed by atoms with Crippen LogP contribution in [0, 0.1) is 3.57 Å². The summed E-state index contributed by atoms with van der Waals surface area (Å²) in [6.45, 7) is 9.44. The fourth-order valence-electron chi connectivity index (χ4n) is 5.08. The Labute approximate surface area is 281 Å². The zero-order chi connectivity index (χ0) is 29.0. The number of carbonyl (C=O) groups is 2. The summed E-state index contributed by atoms with van der Waals surface area (Å²) in [6.07, 6.45) is 2.24. The van der Waals surface area contributed by atoms with Crippen molar-refractivity contribution in [2.24, 2.45) is 5.84 Å². The summed E-state index contributed by atoms with van der Waals surface area (Å²) in [7, 11) is 0. The lowest BCUT2D eigenvalue weighted by molar-refractivity contribution is -0.129. The van der Waals surface area contributed by atoms with E-state index in [1.54, 1.807) is 6.92 Å². The number of anilines is 2. The molecule has 0 aromatic heterocycles. The summed E-state index contributed by atoms with van der Waals surface area (Å²) >= 11 is 2.34. The second-order valence-electron chi connectivity index (χ2n) is 10.4. The van der Waals surface area contributed by atoms with Crippen LogP contribution >= 0.6 is 47.4 Å². The molecule has 234 valence electrons. The van der Waals surface area contributed by atoms with Gasteiger partial charge in [-0.05, 0) is 88.5 Å². The van der Waals surface area contributed by atoms with Crippen molar-refractivity contribution in [2.75, 3.05) is 62.2 Å². The Hall–Kier alpha value is -2.57. The molecule has 0 aliphatic carbocycles. The first-order chi connectivity index (χ1) is 19.9. The number of hydrazine groups is 1. The molecule has 2 amide bonds. The Morgan fingerprint density at radius 1 is 0.721 bits per heavy atom. The van der Waals surface area contributed by atoms with Gasteiger partial charge in [0, 0.05) is 74.2 Å². The number of aryl methyl sites for hydroxylation is 2. The van der Waals surface area contributed by atoms with Crippen molar-refractivity contribution in [3.63, 3.8) is 0 Å². The lowest BCUT2D eigenvalue weighted by Crippen LogP contribution is -2.48. The van der Waals surface area contributed by atoms with Gasteiger partial charge in [-0.15, -0.1) is 24.8 Å². The Kier molecular flexibility index (Phi) is 16.1. The molecule has 2 fully saturated rings. The number of hydrogen-bond acceptors (Lipinski definition) is 6. The molecule has 5 rings (SSSR count). The number of benzene rings is 3. The van der Waals surface area contributed by atoms with Gasteiger partial charge in [-0.2, -0.15) is 0 Å². The largest absolute Gasteiger partial charge is 0.369 e. The maximum absolute atomic E-state index is 11.4. The van der Waals surface area contributed by atoms with Crippen LogP contribution in [-0.2, 0) is 28.9 Å². The van der Waals surface area contributed by atoms with Gasteiger partial charge in [0.05, 0.1) is 6.42 Å². The minimum absolute atomic E-state index is 0. The number of halogens is 3. The lowest BCUT2D eigenvalue weighted by Gasteiger charge is -2.35. The average Bonchev–Trinajstić information content (AvgIpc) is 3.02. The van der Waals surface area contributed by atoms with Crippen molar-refractivity contribution < 1.29 is 9.59 Å². The number of nitrogens with one attached hydrogen (secondary N) is 2. The van der Waals surface area contributed by atoms with E-state index in [1.807, 2.05) is 17.0 Å². The maximum atomic E-state index is 11.4. The predicted octanol–water partition coefficient (Wildman–Crippen LogP) is 4.22. The van der Waals surface area contributed by atoms with Crippen molar-refractivity contribution in [3.8, 4) is 0 Å². The highest BCUT2D eigenvalue weighted by Gasteiger charge is 2.18. The number of carbonyl (C=O) groups excluding carboxylic acids is 2. The maximum Gasteiger partial charge on any atom is 0.238 e. The van der Waals surface area contributed by atoms with Crippen LogP contribution in [0.25, 0.3) is 0 Å². The quantitative estimate of drug-likeness (QED) is 0.146. The molecular formula is C32H43Cl2IN6O2. The number of rotatable bonds is 7. The topological polar surface area (TPSA) is 93.9 Å². The van der Waals surface area contributed by atoms with Gasteiger partial charge in [-0.3, -0.25) is 15.0 Å². The van der Waals surface area contributed by atoms with Gasteiger partial charge < -0.3 is 20.0 Å². The molecule has 8 nitrogen and oxygen atoms in total. The van der Waals surface area contributed by atoms with Crippen LogP contribution in [0.3, 0.4) is 0 Å². The zero-order valence-corrected chi connectivity index (χ0v) is 28.4. The van der Waals surface area contributed by atoms with E-state index in [0.717, 1.165) is 70.8 Å². The van der Waals surface area contributed by atoms with E-state index >= 15 is 0 Å². The fraction of sp³-hybridized carbons (Fsp3) is 0.375. The summed E-state index contributed by atoms with van der Waals surface area (Å²) in [5.41, 5.74) is 8.23. The Balaban J connectivity index is 0.000000362. The van der Waals surface area contributed by atoms with Crippen molar-refractivity contribution in [1.29, 1.82) is 0 Å². The molecule has 3 aromatic rings. The SMILES string of the molecule is CC(=O)N1CCN(c2ccc(CCc3ccc(CC(=O)NN)cc3)cc2)CC1.Cl.Cl.Ic1ccc(N2CCNCC2)cc1. The third-order valence-electron chi connectivity index (χ3n) is 7.59. The number of piperazine rings is 2. The predicted molar refractivity (Wildman–Crippen MR) is 190 cm³/mol. The Bertz CT molecular complexity index is 1250. The van der Waals surface area contributed by atoms with Crippen molar-refractivity contribution in [1.82, 2.24) is 15.6 Å². The van der Waals surface area contributed by atoms with Gasteiger partial charge in [-0.1, -0.05) is 36.4 Å². The summed E-state index contributed by atoms with van der Waals surface area (Å²) < 4.78 is 1.30. The van der Waals surface area contributed by atoms with Crippen LogP contribution in [0.2, 0.25) is 0 Å². The third kappa shape index (κ3) is 11.8. The summed E-state index contributed by atoms with van der Waals surface area (Å²) in [5.74, 6) is 5.09. The van der Waals surface area contributed by atoms with E-state index < -0.39 is 0 Å². The molecule has 2 saturated heterocycles. The molecule has 43 heavy (non-hydrogen) atoms.